The number of hydrogen-bond acceptors (Lipinski definition) is 5. The quantitative estimate of drug-likeness (QED) is 0.859. The van der Waals surface area contributed by atoms with Crippen molar-refractivity contribution < 1.29 is 14.3 Å². The molecule has 116 valence electrons. The van der Waals surface area contributed by atoms with Gasteiger partial charge in [0.1, 0.15) is 17.5 Å². The van der Waals surface area contributed by atoms with Crippen molar-refractivity contribution in [1.29, 1.82) is 0 Å². The number of esters is 1. The molecule has 0 aliphatic carbocycles. The molecule has 1 heterocycles. The second-order valence-corrected chi connectivity index (χ2v) is 5.10. The maximum Gasteiger partial charge on any atom is 0.322 e. The van der Waals surface area contributed by atoms with Crippen LogP contribution in [0.25, 0.3) is 0 Å². The number of carbonyl (C=O) groups is 1. The Morgan fingerprint density at radius 2 is 1.91 bits per heavy atom. The molecule has 1 aromatic carbocycles. The first kappa shape index (κ1) is 16.0. The molecule has 0 aliphatic rings. The van der Waals surface area contributed by atoms with E-state index in [-0.39, 0.29) is 0 Å². The van der Waals surface area contributed by atoms with Crippen molar-refractivity contribution in [2.75, 3.05) is 7.11 Å². The number of aryl methyl sites for hydroxylation is 1. The van der Waals surface area contributed by atoms with Crippen LogP contribution in [0, 0.1) is 13.8 Å². The molecule has 0 unspecified atom stereocenters. The minimum atomic E-state index is -0.651. The molecular formula is C17H20N2O3. The van der Waals surface area contributed by atoms with Crippen LogP contribution in [0.15, 0.2) is 36.5 Å². The van der Waals surface area contributed by atoms with Gasteiger partial charge in [-0.05, 0) is 44.0 Å². The summed E-state index contributed by atoms with van der Waals surface area (Å²) < 4.78 is 10.5. The summed E-state index contributed by atoms with van der Waals surface area (Å²) in [6, 6.07) is 8.68. The van der Waals surface area contributed by atoms with Gasteiger partial charge in [-0.3, -0.25) is 9.78 Å². The first-order chi connectivity index (χ1) is 10.5. The van der Waals surface area contributed by atoms with Gasteiger partial charge in [-0.2, -0.15) is 0 Å². The summed E-state index contributed by atoms with van der Waals surface area (Å²) in [5, 5.41) is 0. The van der Waals surface area contributed by atoms with Crippen LogP contribution in [0.2, 0.25) is 0 Å². The van der Waals surface area contributed by atoms with E-state index in [0.29, 0.717) is 6.42 Å². The number of hydrogen-bond donors (Lipinski definition) is 1. The summed E-state index contributed by atoms with van der Waals surface area (Å²) in [6.07, 6.45) is 2.15. The van der Waals surface area contributed by atoms with Gasteiger partial charge in [0.2, 0.25) is 0 Å². The van der Waals surface area contributed by atoms with E-state index in [4.69, 9.17) is 10.5 Å². The third-order valence-electron chi connectivity index (χ3n) is 3.52. The van der Waals surface area contributed by atoms with Gasteiger partial charge in [-0.25, -0.2) is 0 Å². The number of rotatable bonds is 5. The number of benzene rings is 1. The number of methoxy groups -OCH3 is 1. The predicted octanol–water partition coefficient (Wildman–Crippen LogP) is 2.53. The molecular weight excluding hydrogens is 280 g/mol. The van der Waals surface area contributed by atoms with Gasteiger partial charge in [-0.1, -0.05) is 12.1 Å². The average Bonchev–Trinajstić information content (AvgIpc) is 2.52. The van der Waals surface area contributed by atoms with E-state index in [9.17, 15) is 4.79 Å². The van der Waals surface area contributed by atoms with Crippen LogP contribution in [0.1, 0.15) is 16.8 Å². The Bertz CT molecular complexity index is 653. The Labute approximate surface area is 130 Å². The molecule has 0 saturated heterocycles. The summed E-state index contributed by atoms with van der Waals surface area (Å²) in [6.45, 7) is 3.92. The van der Waals surface area contributed by atoms with E-state index in [0.717, 1.165) is 28.3 Å². The molecule has 2 rings (SSSR count). The smallest absolute Gasteiger partial charge is 0.322 e. The zero-order chi connectivity index (χ0) is 16.1. The SMILES string of the molecule is COC(=O)[C@@H](N)Cc1ccc(Oc2ccnc(C)c2C)cc1. The standard InChI is InChI=1S/C17H20N2O3/c1-11-12(2)19-9-8-16(11)22-14-6-4-13(5-7-14)10-15(18)17(20)21-3/h4-9,15H,10,18H2,1-3H3/t15-/m0/s1. The number of carbonyl (C=O) groups excluding carboxylic acids is 1. The Balaban J connectivity index is 2.06. The van der Waals surface area contributed by atoms with Crippen LogP contribution >= 0.6 is 0 Å². The second kappa shape index (κ2) is 7.04. The number of nitrogens with two attached hydrogens (primary N) is 1. The van der Waals surface area contributed by atoms with Crippen molar-refractivity contribution in [3.05, 3.63) is 53.3 Å². The highest BCUT2D eigenvalue weighted by molar-refractivity contribution is 5.75. The fraction of sp³-hybridized carbons (Fsp3) is 0.294. The molecule has 1 atom stereocenters. The lowest BCUT2D eigenvalue weighted by Gasteiger charge is -2.12. The molecule has 1 aromatic heterocycles. The molecule has 2 N–H and O–H groups in total. The lowest BCUT2D eigenvalue weighted by Crippen LogP contribution is -2.33. The molecule has 0 aliphatic heterocycles. The summed E-state index contributed by atoms with van der Waals surface area (Å²) in [7, 11) is 1.33. The van der Waals surface area contributed by atoms with Crippen molar-refractivity contribution in [3.63, 3.8) is 0 Å². The fourth-order valence-electron chi connectivity index (χ4n) is 2.04. The molecule has 2 aromatic rings. The number of aromatic nitrogens is 1. The molecule has 0 bridgehead atoms. The highest BCUT2D eigenvalue weighted by atomic mass is 16.5. The lowest BCUT2D eigenvalue weighted by atomic mass is 10.1. The van der Waals surface area contributed by atoms with Gasteiger partial charge in [0.15, 0.2) is 0 Å². The first-order valence-corrected chi connectivity index (χ1v) is 7.03. The zero-order valence-electron chi connectivity index (χ0n) is 13.0. The van der Waals surface area contributed by atoms with Crippen molar-refractivity contribution in [3.8, 4) is 11.5 Å². The highest BCUT2D eigenvalue weighted by Gasteiger charge is 2.14. The van der Waals surface area contributed by atoms with Crippen molar-refractivity contribution in [2.45, 2.75) is 26.3 Å². The molecule has 22 heavy (non-hydrogen) atoms. The van der Waals surface area contributed by atoms with Crippen molar-refractivity contribution in [2.24, 2.45) is 5.73 Å². The zero-order valence-corrected chi connectivity index (χ0v) is 13.0. The van der Waals surface area contributed by atoms with E-state index in [2.05, 4.69) is 9.72 Å². The van der Waals surface area contributed by atoms with Gasteiger partial charge in [-0.15, -0.1) is 0 Å². The van der Waals surface area contributed by atoms with Crippen LogP contribution < -0.4 is 10.5 Å². The van der Waals surface area contributed by atoms with Gasteiger partial charge >= 0.3 is 5.97 Å². The highest BCUT2D eigenvalue weighted by Crippen LogP contribution is 2.26. The first-order valence-electron chi connectivity index (χ1n) is 7.03. The molecule has 0 radical (unpaired) electrons. The minimum Gasteiger partial charge on any atom is -0.468 e. The third-order valence-corrected chi connectivity index (χ3v) is 3.52. The molecule has 0 fully saturated rings. The maximum absolute atomic E-state index is 11.3. The molecule has 5 heteroatoms. The van der Waals surface area contributed by atoms with Crippen LogP contribution in [0.3, 0.4) is 0 Å². The average molecular weight is 300 g/mol. The minimum absolute atomic E-state index is 0.414. The van der Waals surface area contributed by atoms with E-state index in [1.807, 2.05) is 44.2 Å². The normalized spacial score (nSPS) is 11.8. The fourth-order valence-corrected chi connectivity index (χ4v) is 2.04. The summed E-state index contributed by atoms with van der Waals surface area (Å²) in [5.74, 6) is 1.10. The summed E-state index contributed by atoms with van der Waals surface area (Å²) in [5.41, 5.74) is 8.65. The third kappa shape index (κ3) is 3.83. The Kier molecular flexibility index (Phi) is 5.12. The summed E-state index contributed by atoms with van der Waals surface area (Å²) in [4.78, 5) is 15.5. The van der Waals surface area contributed by atoms with Gasteiger partial charge < -0.3 is 15.2 Å². The van der Waals surface area contributed by atoms with Crippen LogP contribution in [0.4, 0.5) is 0 Å². The lowest BCUT2D eigenvalue weighted by molar-refractivity contribution is -0.142. The van der Waals surface area contributed by atoms with Gasteiger partial charge in [0, 0.05) is 17.5 Å². The van der Waals surface area contributed by atoms with Gasteiger partial charge in [0.25, 0.3) is 0 Å². The molecule has 0 amide bonds. The van der Waals surface area contributed by atoms with E-state index in [1.165, 1.54) is 7.11 Å². The number of nitrogens with zero attached hydrogens (tertiary/aromatic N) is 1. The predicted molar refractivity (Wildman–Crippen MR) is 83.9 cm³/mol. The Hall–Kier alpha value is -2.40. The summed E-state index contributed by atoms with van der Waals surface area (Å²) >= 11 is 0. The van der Waals surface area contributed by atoms with Crippen LogP contribution in [0.5, 0.6) is 11.5 Å². The van der Waals surface area contributed by atoms with E-state index >= 15 is 0 Å². The van der Waals surface area contributed by atoms with Crippen LogP contribution in [-0.2, 0) is 16.0 Å². The monoisotopic (exact) mass is 300 g/mol. The van der Waals surface area contributed by atoms with E-state index < -0.39 is 12.0 Å². The van der Waals surface area contributed by atoms with Crippen molar-refractivity contribution in [1.82, 2.24) is 4.98 Å². The Morgan fingerprint density at radius 1 is 1.23 bits per heavy atom. The van der Waals surface area contributed by atoms with E-state index in [1.54, 1.807) is 6.20 Å². The molecule has 0 saturated carbocycles. The second-order valence-electron chi connectivity index (χ2n) is 5.10. The van der Waals surface area contributed by atoms with Gasteiger partial charge in [0.05, 0.1) is 7.11 Å². The maximum atomic E-state index is 11.3. The Morgan fingerprint density at radius 3 is 2.55 bits per heavy atom. The number of ether oxygens (including phenoxy) is 2. The topological polar surface area (TPSA) is 74.4 Å². The molecule has 0 spiro atoms. The van der Waals surface area contributed by atoms with Crippen LogP contribution in [-0.4, -0.2) is 24.1 Å². The molecule has 5 nitrogen and oxygen atoms in total. The number of pyridine rings is 1. The largest absolute Gasteiger partial charge is 0.468 e. The van der Waals surface area contributed by atoms with Crippen molar-refractivity contribution >= 4 is 5.97 Å².